The highest BCUT2D eigenvalue weighted by Crippen LogP contribution is 2.26. The topological polar surface area (TPSA) is 51.2 Å². The van der Waals surface area contributed by atoms with Gasteiger partial charge in [-0.1, -0.05) is 11.6 Å². The Labute approximate surface area is 93.7 Å². The van der Waals surface area contributed by atoms with Gasteiger partial charge >= 0.3 is 6.09 Å². The first kappa shape index (κ1) is 9.73. The summed E-state index contributed by atoms with van der Waals surface area (Å²) in [6.07, 6.45) is 1.18. The molecule has 1 saturated heterocycles. The van der Waals surface area contributed by atoms with Crippen LogP contribution in [0.5, 0.6) is 0 Å². The van der Waals surface area contributed by atoms with E-state index in [2.05, 4.69) is 26.2 Å². The highest BCUT2D eigenvalue weighted by Gasteiger charge is 2.26. The number of carbonyl (C=O) groups excluding carboxylic acids is 1. The fourth-order valence-corrected chi connectivity index (χ4v) is 1.82. The molecular formula is C8H6BrClN2O2. The van der Waals surface area contributed by atoms with Crippen molar-refractivity contribution in [2.75, 3.05) is 6.61 Å². The number of aromatic nitrogens is 1. The first-order valence-corrected chi connectivity index (χ1v) is 5.08. The molecule has 1 unspecified atom stereocenters. The molecule has 1 aliphatic rings. The number of cyclic esters (lactones) is 1. The van der Waals surface area contributed by atoms with E-state index in [1.54, 1.807) is 6.20 Å². The molecule has 2 rings (SSSR count). The van der Waals surface area contributed by atoms with Gasteiger partial charge in [0.15, 0.2) is 0 Å². The number of nitrogens with zero attached hydrogens (tertiary/aromatic N) is 1. The molecule has 1 N–H and O–H groups in total. The minimum atomic E-state index is -0.425. The van der Waals surface area contributed by atoms with E-state index in [4.69, 9.17) is 16.3 Å². The van der Waals surface area contributed by atoms with Gasteiger partial charge in [0, 0.05) is 16.2 Å². The van der Waals surface area contributed by atoms with Crippen molar-refractivity contribution in [1.29, 1.82) is 0 Å². The summed E-state index contributed by atoms with van der Waals surface area (Å²) in [4.78, 5) is 14.8. The predicted octanol–water partition coefficient (Wildman–Crippen LogP) is 2.28. The first-order chi connectivity index (χ1) is 6.66. The van der Waals surface area contributed by atoms with Gasteiger partial charge in [-0.2, -0.15) is 0 Å². The van der Waals surface area contributed by atoms with Crippen molar-refractivity contribution in [3.63, 3.8) is 0 Å². The standard InChI is InChI=1S/C8H6BrClN2O2/c9-4-1-5(7(10)11-2-4)6-3-14-8(13)12-6/h1-2,6H,3H2,(H,12,13). The van der Waals surface area contributed by atoms with Gasteiger partial charge < -0.3 is 10.1 Å². The first-order valence-electron chi connectivity index (χ1n) is 3.91. The molecule has 1 fully saturated rings. The van der Waals surface area contributed by atoms with Crippen molar-refractivity contribution in [2.45, 2.75) is 6.04 Å². The van der Waals surface area contributed by atoms with Crippen LogP contribution in [0, 0.1) is 0 Å². The fraction of sp³-hybridized carbons (Fsp3) is 0.250. The lowest BCUT2D eigenvalue weighted by Gasteiger charge is -2.08. The smallest absolute Gasteiger partial charge is 0.407 e. The Balaban J connectivity index is 2.31. The third kappa shape index (κ3) is 1.83. The molecule has 4 nitrogen and oxygen atoms in total. The maximum Gasteiger partial charge on any atom is 0.407 e. The van der Waals surface area contributed by atoms with Crippen LogP contribution >= 0.6 is 27.5 Å². The highest BCUT2D eigenvalue weighted by molar-refractivity contribution is 9.10. The maximum atomic E-state index is 10.8. The van der Waals surface area contributed by atoms with E-state index in [0.29, 0.717) is 5.15 Å². The zero-order valence-corrected chi connectivity index (χ0v) is 9.30. The van der Waals surface area contributed by atoms with E-state index in [0.717, 1.165) is 10.0 Å². The maximum absolute atomic E-state index is 10.8. The number of nitrogens with one attached hydrogen (secondary N) is 1. The molecule has 1 atom stereocenters. The van der Waals surface area contributed by atoms with Crippen LogP contribution in [0.1, 0.15) is 11.6 Å². The Hall–Kier alpha value is -0.810. The predicted molar refractivity (Wildman–Crippen MR) is 54.2 cm³/mol. The molecule has 0 aliphatic carbocycles. The molecule has 14 heavy (non-hydrogen) atoms. The van der Waals surface area contributed by atoms with Crippen LogP contribution in [0.4, 0.5) is 4.79 Å². The van der Waals surface area contributed by atoms with Crippen LogP contribution in [0.2, 0.25) is 5.15 Å². The van der Waals surface area contributed by atoms with Crippen molar-refractivity contribution in [2.24, 2.45) is 0 Å². The van der Waals surface area contributed by atoms with Crippen molar-refractivity contribution in [3.8, 4) is 0 Å². The molecule has 1 aromatic heterocycles. The summed E-state index contributed by atoms with van der Waals surface area (Å²) in [5.41, 5.74) is 0.756. The summed E-state index contributed by atoms with van der Waals surface area (Å²) in [6.45, 7) is 0.288. The Morgan fingerprint density at radius 1 is 1.71 bits per heavy atom. The second kappa shape index (κ2) is 3.74. The normalized spacial score (nSPS) is 20.4. The van der Waals surface area contributed by atoms with Crippen LogP contribution in [0.15, 0.2) is 16.7 Å². The second-order valence-electron chi connectivity index (χ2n) is 2.83. The number of hydrogen-bond donors (Lipinski definition) is 1. The minimum Gasteiger partial charge on any atom is -0.447 e. The van der Waals surface area contributed by atoms with Gasteiger partial charge in [0.05, 0.1) is 6.04 Å². The molecule has 0 bridgehead atoms. The number of amides is 1. The summed E-state index contributed by atoms with van der Waals surface area (Å²) >= 11 is 9.17. The van der Waals surface area contributed by atoms with Gasteiger partial charge in [0.1, 0.15) is 11.8 Å². The van der Waals surface area contributed by atoms with Gasteiger partial charge in [-0.05, 0) is 22.0 Å². The highest BCUT2D eigenvalue weighted by atomic mass is 79.9. The van der Waals surface area contributed by atoms with Crippen LogP contribution in [-0.4, -0.2) is 17.7 Å². The van der Waals surface area contributed by atoms with Gasteiger partial charge in [-0.15, -0.1) is 0 Å². The molecule has 0 aromatic carbocycles. The van der Waals surface area contributed by atoms with Crippen molar-refractivity contribution >= 4 is 33.6 Å². The van der Waals surface area contributed by atoms with Crippen molar-refractivity contribution < 1.29 is 9.53 Å². The lowest BCUT2D eigenvalue weighted by molar-refractivity contribution is 0.177. The third-order valence-electron chi connectivity index (χ3n) is 1.88. The number of alkyl carbamates (subject to hydrolysis) is 1. The number of halogens is 2. The number of carbonyl (C=O) groups is 1. The second-order valence-corrected chi connectivity index (χ2v) is 4.10. The van der Waals surface area contributed by atoms with Crippen LogP contribution < -0.4 is 5.32 Å². The summed E-state index contributed by atoms with van der Waals surface area (Å²) in [5, 5.41) is 3.01. The van der Waals surface area contributed by atoms with Gasteiger partial charge in [-0.25, -0.2) is 9.78 Å². The Morgan fingerprint density at radius 2 is 2.50 bits per heavy atom. The lowest BCUT2D eigenvalue weighted by Crippen LogP contribution is -2.18. The molecule has 0 saturated carbocycles. The Morgan fingerprint density at radius 3 is 3.14 bits per heavy atom. The van der Waals surface area contributed by atoms with E-state index in [1.807, 2.05) is 6.07 Å². The monoisotopic (exact) mass is 276 g/mol. The summed E-state index contributed by atoms with van der Waals surface area (Å²) in [7, 11) is 0. The number of ether oxygens (including phenoxy) is 1. The summed E-state index contributed by atoms with van der Waals surface area (Å²) in [5.74, 6) is 0. The zero-order chi connectivity index (χ0) is 10.1. The molecule has 1 amide bonds. The molecule has 1 aliphatic heterocycles. The van der Waals surface area contributed by atoms with Gasteiger partial charge in [0.2, 0.25) is 0 Å². The van der Waals surface area contributed by atoms with Crippen LogP contribution in [-0.2, 0) is 4.74 Å². The quantitative estimate of drug-likeness (QED) is 0.801. The molecule has 74 valence electrons. The van der Waals surface area contributed by atoms with E-state index in [-0.39, 0.29) is 12.6 Å². The summed E-state index contributed by atoms with van der Waals surface area (Å²) in [6, 6.07) is 1.61. The largest absolute Gasteiger partial charge is 0.447 e. The molecule has 0 spiro atoms. The Bertz CT molecular complexity index is 386. The van der Waals surface area contributed by atoms with Crippen molar-refractivity contribution in [1.82, 2.24) is 10.3 Å². The molecule has 1 aromatic rings. The number of pyridine rings is 1. The van der Waals surface area contributed by atoms with Gasteiger partial charge in [-0.3, -0.25) is 0 Å². The zero-order valence-electron chi connectivity index (χ0n) is 6.96. The van der Waals surface area contributed by atoms with Crippen molar-refractivity contribution in [3.05, 3.63) is 27.5 Å². The van der Waals surface area contributed by atoms with Crippen LogP contribution in [0.3, 0.4) is 0 Å². The fourth-order valence-electron chi connectivity index (χ4n) is 1.23. The minimum absolute atomic E-state index is 0.208. The van der Waals surface area contributed by atoms with E-state index in [9.17, 15) is 4.79 Å². The SMILES string of the molecule is O=C1NC(c2cc(Br)cnc2Cl)CO1. The molecule has 2 heterocycles. The average molecular weight is 278 g/mol. The van der Waals surface area contributed by atoms with E-state index >= 15 is 0 Å². The molecule has 0 radical (unpaired) electrons. The molecule has 6 heteroatoms. The van der Waals surface area contributed by atoms with E-state index < -0.39 is 6.09 Å². The van der Waals surface area contributed by atoms with E-state index in [1.165, 1.54) is 0 Å². The number of hydrogen-bond acceptors (Lipinski definition) is 3. The Kier molecular flexibility index (Phi) is 2.60. The van der Waals surface area contributed by atoms with Crippen LogP contribution in [0.25, 0.3) is 0 Å². The number of rotatable bonds is 1. The average Bonchev–Trinajstić information content (AvgIpc) is 2.56. The molecular weight excluding hydrogens is 271 g/mol. The lowest BCUT2D eigenvalue weighted by atomic mass is 10.1. The third-order valence-corrected chi connectivity index (χ3v) is 2.63. The van der Waals surface area contributed by atoms with Gasteiger partial charge in [0.25, 0.3) is 0 Å². The summed E-state index contributed by atoms with van der Waals surface area (Å²) < 4.78 is 5.58.